The minimum Gasteiger partial charge on any atom is -0.497 e. The quantitative estimate of drug-likeness (QED) is 0.289. The molecule has 11 heteroatoms. The number of nitrogens with one attached hydrogen (secondary N) is 1. The largest absolute Gasteiger partial charge is 0.497 e. The standard InChI is InChI=1S/C20H16Cl4N2O4S/c1-30-10-5-3-9(4-6-10)25-18(27)11(7-8-31-2)26-19(28)12-13(20(26)29)15(22)17(24)16(23)14(12)21/h3-6,11H,7-8H2,1-2H3,(H,25,27). The minimum atomic E-state index is -1.09. The minimum absolute atomic E-state index is 0.126. The number of imide groups is 1. The number of thioether (sulfide) groups is 1. The van der Waals surface area contributed by atoms with Crippen LogP contribution in [0.4, 0.5) is 5.69 Å². The first-order chi connectivity index (χ1) is 14.7. The van der Waals surface area contributed by atoms with Crippen LogP contribution in [0.2, 0.25) is 20.1 Å². The lowest BCUT2D eigenvalue weighted by Crippen LogP contribution is -2.47. The van der Waals surface area contributed by atoms with Gasteiger partial charge in [-0.1, -0.05) is 46.4 Å². The number of anilines is 1. The number of hydrogen-bond acceptors (Lipinski definition) is 5. The molecule has 0 bridgehead atoms. The van der Waals surface area contributed by atoms with Gasteiger partial charge in [0, 0.05) is 5.69 Å². The Hall–Kier alpha value is -1.64. The first-order valence-electron chi connectivity index (χ1n) is 8.90. The number of nitrogens with zero attached hydrogens (tertiary/aromatic N) is 1. The van der Waals surface area contributed by atoms with Gasteiger partial charge in [0.1, 0.15) is 11.8 Å². The predicted octanol–water partition coefficient (Wildman–Crippen LogP) is 5.67. The summed E-state index contributed by atoms with van der Waals surface area (Å²) in [5.74, 6) is -0.881. The van der Waals surface area contributed by atoms with Gasteiger partial charge in [0.15, 0.2) is 0 Å². The highest BCUT2D eigenvalue weighted by molar-refractivity contribution is 7.98. The number of methoxy groups -OCH3 is 1. The van der Waals surface area contributed by atoms with Crippen LogP contribution in [0.1, 0.15) is 27.1 Å². The molecule has 2 aromatic rings. The maximum Gasteiger partial charge on any atom is 0.263 e. The van der Waals surface area contributed by atoms with Gasteiger partial charge in [-0.25, -0.2) is 0 Å². The summed E-state index contributed by atoms with van der Waals surface area (Å²) in [5, 5.41) is 2.13. The van der Waals surface area contributed by atoms with Gasteiger partial charge in [0.05, 0.1) is 38.3 Å². The van der Waals surface area contributed by atoms with Gasteiger partial charge >= 0.3 is 0 Å². The summed E-state index contributed by atoms with van der Waals surface area (Å²) in [7, 11) is 1.53. The SMILES string of the molecule is COc1ccc(NC(=O)C(CCSC)N2C(=O)c3c(Cl)c(Cl)c(Cl)c(Cl)c3C2=O)cc1. The van der Waals surface area contributed by atoms with E-state index in [2.05, 4.69) is 5.32 Å². The van der Waals surface area contributed by atoms with Gasteiger partial charge in [-0.2, -0.15) is 11.8 Å². The Balaban J connectivity index is 1.97. The Morgan fingerprint density at radius 2 is 1.52 bits per heavy atom. The Kier molecular flexibility index (Phi) is 7.65. The molecule has 0 radical (unpaired) electrons. The fraction of sp³-hybridized carbons (Fsp3) is 0.250. The summed E-state index contributed by atoms with van der Waals surface area (Å²) in [4.78, 5) is 40.2. The maximum absolute atomic E-state index is 13.1. The maximum atomic E-state index is 13.1. The van der Waals surface area contributed by atoms with E-state index in [1.54, 1.807) is 24.3 Å². The van der Waals surface area contributed by atoms with E-state index in [0.29, 0.717) is 17.2 Å². The Morgan fingerprint density at radius 3 is 1.97 bits per heavy atom. The average Bonchev–Trinajstić information content (AvgIpc) is 3.02. The van der Waals surface area contributed by atoms with Gasteiger partial charge in [-0.05, 0) is 42.7 Å². The van der Waals surface area contributed by atoms with Crippen molar-refractivity contribution in [3.8, 4) is 5.75 Å². The van der Waals surface area contributed by atoms with E-state index < -0.39 is 23.8 Å². The first kappa shape index (κ1) is 24.0. The van der Waals surface area contributed by atoms with E-state index in [-0.39, 0.29) is 37.6 Å². The van der Waals surface area contributed by atoms with Crippen LogP contribution in [-0.4, -0.2) is 47.8 Å². The summed E-state index contributed by atoms with van der Waals surface area (Å²) in [5.41, 5.74) is 0.175. The molecule has 31 heavy (non-hydrogen) atoms. The molecule has 0 spiro atoms. The number of halogens is 4. The van der Waals surface area contributed by atoms with Crippen molar-refractivity contribution in [3.05, 3.63) is 55.5 Å². The van der Waals surface area contributed by atoms with Crippen molar-refractivity contribution in [2.45, 2.75) is 12.5 Å². The summed E-state index contributed by atoms with van der Waals surface area (Å²) < 4.78 is 5.10. The lowest BCUT2D eigenvalue weighted by atomic mass is 10.1. The van der Waals surface area contributed by atoms with E-state index in [0.717, 1.165) is 4.90 Å². The summed E-state index contributed by atoms with van der Waals surface area (Å²) in [6.07, 6.45) is 2.08. The molecule has 0 saturated heterocycles. The third-order valence-corrected chi connectivity index (χ3v) is 7.15. The van der Waals surface area contributed by atoms with Gasteiger partial charge < -0.3 is 10.1 Å². The summed E-state index contributed by atoms with van der Waals surface area (Å²) in [6, 6.07) is 5.57. The zero-order valence-corrected chi connectivity index (χ0v) is 20.1. The number of carbonyl (C=O) groups excluding carboxylic acids is 3. The van der Waals surface area contributed by atoms with Crippen LogP contribution in [0.3, 0.4) is 0 Å². The fourth-order valence-electron chi connectivity index (χ4n) is 3.16. The lowest BCUT2D eigenvalue weighted by molar-refractivity contribution is -0.120. The molecule has 0 aliphatic carbocycles. The molecule has 0 fully saturated rings. The molecule has 1 N–H and O–H groups in total. The summed E-state index contributed by atoms with van der Waals surface area (Å²) >= 11 is 26.0. The molecule has 1 atom stereocenters. The third kappa shape index (κ3) is 4.47. The van der Waals surface area contributed by atoms with Crippen LogP contribution in [0, 0.1) is 0 Å². The zero-order chi connectivity index (χ0) is 22.9. The molecular formula is C20H16Cl4N2O4S. The van der Waals surface area contributed by atoms with Crippen molar-refractivity contribution < 1.29 is 19.1 Å². The Labute approximate surface area is 203 Å². The van der Waals surface area contributed by atoms with Crippen molar-refractivity contribution in [1.29, 1.82) is 0 Å². The molecule has 6 nitrogen and oxygen atoms in total. The second kappa shape index (κ2) is 9.88. The predicted molar refractivity (Wildman–Crippen MR) is 125 cm³/mol. The van der Waals surface area contributed by atoms with Crippen LogP contribution in [0.5, 0.6) is 5.75 Å². The lowest BCUT2D eigenvalue weighted by Gasteiger charge is -2.25. The van der Waals surface area contributed by atoms with Crippen molar-refractivity contribution >= 4 is 81.6 Å². The molecular weight excluding hydrogens is 506 g/mol. The van der Waals surface area contributed by atoms with Gasteiger partial charge in [0.2, 0.25) is 5.91 Å². The number of hydrogen-bond donors (Lipinski definition) is 1. The molecule has 1 unspecified atom stereocenters. The van der Waals surface area contributed by atoms with Gasteiger partial charge in [-0.3, -0.25) is 19.3 Å². The number of fused-ring (bicyclic) bond motifs is 1. The molecule has 0 saturated carbocycles. The molecule has 0 aromatic heterocycles. The third-order valence-electron chi connectivity index (χ3n) is 4.70. The van der Waals surface area contributed by atoms with Gasteiger partial charge in [0.25, 0.3) is 11.8 Å². The monoisotopic (exact) mass is 520 g/mol. The molecule has 164 valence electrons. The highest BCUT2D eigenvalue weighted by Crippen LogP contribution is 2.45. The zero-order valence-electron chi connectivity index (χ0n) is 16.3. The Bertz CT molecular complexity index is 1020. The summed E-state index contributed by atoms with van der Waals surface area (Å²) in [6.45, 7) is 0. The topological polar surface area (TPSA) is 75.7 Å². The number of amides is 3. The van der Waals surface area contributed by atoms with E-state index in [1.807, 2.05) is 6.26 Å². The van der Waals surface area contributed by atoms with Crippen molar-refractivity contribution in [1.82, 2.24) is 4.90 Å². The van der Waals surface area contributed by atoms with E-state index in [1.165, 1.54) is 18.9 Å². The highest BCUT2D eigenvalue weighted by Gasteiger charge is 2.46. The van der Waals surface area contributed by atoms with Crippen LogP contribution < -0.4 is 10.1 Å². The van der Waals surface area contributed by atoms with Crippen molar-refractivity contribution in [2.75, 3.05) is 24.4 Å². The van der Waals surface area contributed by atoms with E-state index in [4.69, 9.17) is 51.1 Å². The van der Waals surface area contributed by atoms with Crippen LogP contribution >= 0.6 is 58.2 Å². The number of carbonyl (C=O) groups is 3. The fourth-order valence-corrected chi connectivity index (χ4v) is 4.63. The first-order valence-corrected chi connectivity index (χ1v) is 11.8. The Morgan fingerprint density at radius 1 is 1.00 bits per heavy atom. The number of ether oxygens (including phenoxy) is 1. The normalized spacial score (nSPS) is 13.9. The van der Waals surface area contributed by atoms with Crippen LogP contribution in [-0.2, 0) is 4.79 Å². The molecule has 2 aromatic carbocycles. The average molecular weight is 522 g/mol. The van der Waals surface area contributed by atoms with E-state index in [9.17, 15) is 14.4 Å². The second-order valence-electron chi connectivity index (χ2n) is 6.50. The van der Waals surface area contributed by atoms with Crippen molar-refractivity contribution in [3.63, 3.8) is 0 Å². The smallest absolute Gasteiger partial charge is 0.263 e. The number of benzene rings is 2. The van der Waals surface area contributed by atoms with Crippen LogP contribution in [0.25, 0.3) is 0 Å². The second-order valence-corrected chi connectivity index (χ2v) is 9.00. The number of rotatable bonds is 7. The molecule has 3 rings (SSSR count). The molecule has 3 amide bonds. The molecule has 1 heterocycles. The van der Waals surface area contributed by atoms with Crippen molar-refractivity contribution in [2.24, 2.45) is 0 Å². The molecule has 1 aliphatic heterocycles. The highest BCUT2D eigenvalue weighted by atomic mass is 35.5. The van der Waals surface area contributed by atoms with Crippen LogP contribution in [0.15, 0.2) is 24.3 Å². The molecule has 1 aliphatic rings. The van der Waals surface area contributed by atoms with E-state index >= 15 is 0 Å². The van der Waals surface area contributed by atoms with Gasteiger partial charge in [-0.15, -0.1) is 0 Å².